The van der Waals surface area contributed by atoms with Gasteiger partial charge >= 0.3 is 11.9 Å². The van der Waals surface area contributed by atoms with Crippen LogP contribution in [-0.2, 0) is 19.1 Å². The third-order valence-electron chi connectivity index (χ3n) is 7.79. The molecular weight excluding hydrogens is 552 g/mol. The second-order valence-electron chi connectivity index (χ2n) is 12.2. The number of aliphatic hydroxyl groups excluding tert-OH is 2. The van der Waals surface area contributed by atoms with Crippen LogP contribution >= 0.6 is 0 Å². The molecule has 0 amide bonds. The molecule has 2 atom stereocenters. The lowest BCUT2D eigenvalue weighted by atomic mass is 10.0. The number of allylic oxidation sites excluding steroid dienone is 5. The number of ether oxygens (including phenoxy) is 2. The zero-order valence-electron chi connectivity index (χ0n) is 28.5. The van der Waals surface area contributed by atoms with Gasteiger partial charge in [0.25, 0.3) is 0 Å². The lowest BCUT2D eigenvalue weighted by Crippen LogP contribution is -2.28. The third kappa shape index (κ3) is 31.5. The Morgan fingerprint density at radius 2 is 1.18 bits per heavy atom. The fourth-order valence-corrected chi connectivity index (χ4v) is 4.97. The number of aliphatic hydroxyl groups is 2. The van der Waals surface area contributed by atoms with Crippen LogP contribution in [0.1, 0.15) is 168 Å². The van der Waals surface area contributed by atoms with Crippen LogP contribution in [0.15, 0.2) is 36.5 Å². The summed E-state index contributed by atoms with van der Waals surface area (Å²) in [6.07, 6.45) is 36.6. The summed E-state index contributed by atoms with van der Waals surface area (Å²) in [5, 5.41) is 19.6. The summed E-state index contributed by atoms with van der Waals surface area (Å²) in [6.45, 7) is 3.95. The Morgan fingerprint density at radius 1 is 0.636 bits per heavy atom. The minimum atomic E-state index is -0.858. The Hall–Kier alpha value is -1.92. The monoisotopic (exact) mass is 621 g/mol. The van der Waals surface area contributed by atoms with Crippen LogP contribution in [-0.4, -0.2) is 47.6 Å². The molecule has 0 spiro atoms. The highest BCUT2D eigenvalue weighted by atomic mass is 16.6. The SMILES string of the molecule is CCCCCCCC/C=C/C/C=C/C=C/C(O)CCCC(=O)O[C@@H](CO)COC(=O)CCCCCCCCCCCCCC. The minimum Gasteiger partial charge on any atom is -0.462 e. The van der Waals surface area contributed by atoms with Crippen LogP contribution in [0.25, 0.3) is 0 Å². The van der Waals surface area contributed by atoms with E-state index in [1.54, 1.807) is 6.08 Å². The molecule has 44 heavy (non-hydrogen) atoms. The van der Waals surface area contributed by atoms with Gasteiger partial charge < -0.3 is 19.7 Å². The number of hydrogen-bond acceptors (Lipinski definition) is 6. The molecule has 6 heteroatoms. The molecular formula is C38H68O6. The van der Waals surface area contributed by atoms with Crippen molar-refractivity contribution in [2.45, 2.75) is 180 Å². The van der Waals surface area contributed by atoms with E-state index in [1.165, 1.54) is 96.3 Å². The van der Waals surface area contributed by atoms with Crippen LogP contribution in [0.3, 0.4) is 0 Å². The van der Waals surface area contributed by atoms with Gasteiger partial charge in [0, 0.05) is 12.8 Å². The Bertz CT molecular complexity index is 729. The maximum Gasteiger partial charge on any atom is 0.306 e. The first kappa shape index (κ1) is 42.1. The van der Waals surface area contributed by atoms with E-state index in [1.807, 2.05) is 12.2 Å². The predicted octanol–water partition coefficient (Wildman–Crippen LogP) is 9.87. The predicted molar refractivity (Wildman–Crippen MR) is 184 cm³/mol. The summed E-state index contributed by atoms with van der Waals surface area (Å²) < 4.78 is 10.5. The normalized spacial score (nSPS) is 13.3. The van der Waals surface area contributed by atoms with Crippen molar-refractivity contribution in [1.29, 1.82) is 0 Å². The summed E-state index contributed by atoms with van der Waals surface area (Å²) in [7, 11) is 0. The summed E-state index contributed by atoms with van der Waals surface area (Å²) in [5.41, 5.74) is 0. The van der Waals surface area contributed by atoms with Crippen LogP contribution < -0.4 is 0 Å². The van der Waals surface area contributed by atoms with E-state index in [0.29, 0.717) is 19.3 Å². The summed E-state index contributed by atoms with van der Waals surface area (Å²) in [4.78, 5) is 24.2. The van der Waals surface area contributed by atoms with E-state index in [2.05, 4.69) is 32.1 Å². The summed E-state index contributed by atoms with van der Waals surface area (Å²) >= 11 is 0. The van der Waals surface area contributed by atoms with Gasteiger partial charge in [0.05, 0.1) is 12.7 Å². The molecule has 0 saturated heterocycles. The highest BCUT2D eigenvalue weighted by Gasteiger charge is 2.16. The lowest BCUT2D eigenvalue weighted by molar-refractivity contribution is -0.161. The number of carbonyl (C=O) groups excluding carboxylic acids is 2. The van der Waals surface area contributed by atoms with Crippen molar-refractivity contribution in [3.05, 3.63) is 36.5 Å². The number of esters is 2. The van der Waals surface area contributed by atoms with E-state index in [9.17, 15) is 19.8 Å². The zero-order valence-corrected chi connectivity index (χ0v) is 28.5. The van der Waals surface area contributed by atoms with Gasteiger partial charge in [0.15, 0.2) is 6.10 Å². The maximum absolute atomic E-state index is 12.1. The van der Waals surface area contributed by atoms with Crippen LogP contribution in [0.5, 0.6) is 0 Å². The average Bonchev–Trinajstić information content (AvgIpc) is 3.02. The van der Waals surface area contributed by atoms with Gasteiger partial charge in [-0.25, -0.2) is 0 Å². The number of rotatable bonds is 32. The Balaban J connectivity index is 3.78. The quantitative estimate of drug-likeness (QED) is 0.0336. The number of carbonyl (C=O) groups is 2. The average molecular weight is 621 g/mol. The van der Waals surface area contributed by atoms with Crippen molar-refractivity contribution in [3.63, 3.8) is 0 Å². The van der Waals surface area contributed by atoms with E-state index in [0.717, 1.165) is 32.1 Å². The molecule has 0 aliphatic rings. The van der Waals surface area contributed by atoms with Gasteiger partial charge in [-0.1, -0.05) is 153 Å². The third-order valence-corrected chi connectivity index (χ3v) is 7.79. The standard InChI is InChI=1S/C38H68O6/c1-3-5-7-9-11-13-15-17-18-20-22-24-26-29-35(40)30-28-32-38(42)44-36(33-39)34-43-37(41)31-27-25-23-21-19-16-14-12-10-8-6-4-2/h17-18,22,24,26,29,35-36,39-40H,3-16,19-21,23,25,27-28,30-34H2,1-2H3/b18-17+,24-22+,29-26+/t35?,36-/m0/s1. The van der Waals surface area contributed by atoms with Crippen LogP contribution in [0.4, 0.5) is 0 Å². The largest absolute Gasteiger partial charge is 0.462 e. The molecule has 256 valence electrons. The molecule has 0 rings (SSSR count). The molecule has 0 bridgehead atoms. The Morgan fingerprint density at radius 3 is 1.77 bits per heavy atom. The maximum atomic E-state index is 12.1. The molecule has 0 aliphatic carbocycles. The molecule has 0 aromatic rings. The highest BCUT2D eigenvalue weighted by molar-refractivity contribution is 5.70. The molecule has 0 aromatic carbocycles. The molecule has 0 saturated carbocycles. The minimum absolute atomic E-state index is 0.132. The van der Waals surface area contributed by atoms with E-state index >= 15 is 0 Å². The molecule has 0 heterocycles. The Kier molecular flexibility index (Phi) is 32.5. The summed E-state index contributed by atoms with van der Waals surface area (Å²) in [6, 6.07) is 0. The van der Waals surface area contributed by atoms with Crippen molar-refractivity contribution in [2.24, 2.45) is 0 Å². The van der Waals surface area contributed by atoms with E-state index < -0.39 is 24.8 Å². The zero-order chi connectivity index (χ0) is 32.4. The first-order valence-corrected chi connectivity index (χ1v) is 18.2. The summed E-state index contributed by atoms with van der Waals surface area (Å²) in [5.74, 6) is -0.787. The van der Waals surface area contributed by atoms with E-state index in [-0.39, 0.29) is 19.0 Å². The molecule has 0 aromatic heterocycles. The van der Waals surface area contributed by atoms with Gasteiger partial charge in [-0.15, -0.1) is 0 Å². The van der Waals surface area contributed by atoms with Crippen molar-refractivity contribution >= 4 is 11.9 Å². The van der Waals surface area contributed by atoms with Gasteiger partial charge in [-0.3, -0.25) is 9.59 Å². The highest BCUT2D eigenvalue weighted by Crippen LogP contribution is 2.13. The van der Waals surface area contributed by atoms with Crippen molar-refractivity contribution in [2.75, 3.05) is 13.2 Å². The molecule has 1 unspecified atom stereocenters. The van der Waals surface area contributed by atoms with Gasteiger partial charge in [0.1, 0.15) is 6.61 Å². The van der Waals surface area contributed by atoms with Crippen molar-refractivity contribution in [3.8, 4) is 0 Å². The first-order valence-electron chi connectivity index (χ1n) is 18.2. The fourth-order valence-electron chi connectivity index (χ4n) is 4.97. The molecule has 2 N–H and O–H groups in total. The lowest BCUT2D eigenvalue weighted by Gasteiger charge is -2.16. The molecule has 6 nitrogen and oxygen atoms in total. The van der Waals surface area contributed by atoms with Crippen molar-refractivity contribution < 1.29 is 29.3 Å². The number of unbranched alkanes of at least 4 members (excludes halogenated alkanes) is 17. The molecule has 0 fully saturated rings. The van der Waals surface area contributed by atoms with Gasteiger partial charge in [-0.05, 0) is 38.5 Å². The second-order valence-corrected chi connectivity index (χ2v) is 12.2. The molecule has 0 radical (unpaired) electrons. The van der Waals surface area contributed by atoms with Crippen molar-refractivity contribution in [1.82, 2.24) is 0 Å². The van der Waals surface area contributed by atoms with Gasteiger partial charge in [-0.2, -0.15) is 0 Å². The molecule has 0 aliphatic heterocycles. The van der Waals surface area contributed by atoms with Crippen LogP contribution in [0.2, 0.25) is 0 Å². The van der Waals surface area contributed by atoms with E-state index in [4.69, 9.17) is 9.47 Å². The van der Waals surface area contributed by atoms with Crippen LogP contribution in [0, 0.1) is 0 Å². The number of hydrogen-bond donors (Lipinski definition) is 2. The smallest absolute Gasteiger partial charge is 0.306 e. The first-order chi connectivity index (χ1) is 21.5. The fraction of sp³-hybridized carbons (Fsp3) is 0.789. The topological polar surface area (TPSA) is 93.1 Å². The second kappa shape index (κ2) is 34.0. The Labute approximate surface area is 270 Å². The van der Waals surface area contributed by atoms with Gasteiger partial charge in [0.2, 0.25) is 0 Å².